The van der Waals surface area contributed by atoms with Crippen LogP contribution in [-0.2, 0) is 4.57 Å². The summed E-state index contributed by atoms with van der Waals surface area (Å²) in [5.41, 5.74) is 0.749. The fraction of sp³-hybridized carbons (Fsp3) is 0.100. The molecule has 0 atom stereocenters. The van der Waals surface area contributed by atoms with E-state index < -0.39 is 17.5 Å². The molecule has 0 radical (unpaired) electrons. The van der Waals surface area contributed by atoms with Crippen LogP contribution in [0.2, 0.25) is 15.1 Å². The van der Waals surface area contributed by atoms with Crippen LogP contribution in [0.15, 0.2) is 60.7 Å². The van der Waals surface area contributed by atoms with Crippen molar-refractivity contribution in [2.24, 2.45) is 0 Å². The Hall–Kier alpha value is -0.970. The first-order valence-corrected chi connectivity index (χ1v) is 12.4. The van der Waals surface area contributed by atoms with Gasteiger partial charge in [-0.25, -0.2) is 0 Å². The normalized spacial score (nSPS) is 20.4. The van der Waals surface area contributed by atoms with E-state index in [0.29, 0.717) is 26.2 Å². The number of halogens is 6. The number of fused-ring (bicyclic) bond motifs is 2. The second-order valence-corrected chi connectivity index (χ2v) is 11.6. The summed E-state index contributed by atoms with van der Waals surface area (Å²) in [7, 11) is -4.25. The minimum absolute atomic E-state index is 0.114. The molecule has 4 rings (SSSR count). The summed E-state index contributed by atoms with van der Waals surface area (Å²) < 4.78 is 28.9. The molecule has 0 saturated carbocycles. The second-order valence-electron chi connectivity index (χ2n) is 6.51. The van der Waals surface area contributed by atoms with Gasteiger partial charge < -0.3 is 13.6 Å². The first kappa shape index (κ1) is 23.2. The van der Waals surface area contributed by atoms with Gasteiger partial charge in [-0.15, -0.1) is 0 Å². The molecule has 4 nitrogen and oxygen atoms in total. The predicted molar refractivity (Wildman–Crippen MR) is 126 cm³/mol. The van der Waals surface area contributed by atoms with E-state index in [1.165, 1.54) is 24.3 Å². The van der Waals surface area contributed by atoms with Crippen molar-refractivity contribution >= 4 is 77.4 Å². The summed E-state index contributed by atoms with van der Waals surface area (Å²) in [6.07, 6.45) is 0. The smallest absolute Gasteiger partial charge is 0.386 e. The molecule has 11 heteroatoms. The Kier molecular flexibility index (Phi) is 6.55. The highest BCUT2D eigenvalue weighted by Crippen LogP contribution is 2.59. The zero-order valence-electron chi connectivity index (χ0n) is 15.2. The highest BCUT2D eigenvalue weighted by molar-refractivity contribution is 7.49. The molecule has 0 fully saturated rings. The second kappa shape index (κ2) is 8.76. The molecule has 3 aromatic rings. The zero-order chi connectivity index (χ0) is 22.4. The van der Waals surface area contributed by atoms with Crippen LogP contribution in [0.5, 0.6) is 17.2 Å². The van der Waals surface area contributed by atoms with Gasteiger partial charge in [-0.2, -0.15) is 4.57 Å². The van der Waals surface area contributed by atoms with Gasteiger partial charge in [0, 0.05) is 26.2 Å². The Balaban J connectivity index is 1.91. The lowest BCUT2D eigenvalue weighted by atomic mass is 9.91. The fourth-order valence-electron chi connectivity index (χ4n) is 3.10. The van der Waals surface area contributed by atoms with Crippen LogP contribution in [0, 0.1) is 0 Å². The molecule has 3 aromatic carbocycles. The van der Waals surface area contributed by atoms with E-state index in [9.17, 15) is 4.57 Å². The Morgan fingerprint density at radius 1 is 0.742 bits per heavy atom. The van der Waals surface area contributed by atoms with Crippen molar-refractivity contribution in [3.8, 4) is 17.2 Å². The van der Waals surface area contributed by atoms with Gasteiger partial charge in [0.2, 0.25) is 3.79 Å². The molecule has 1 aliphatic heterocycles. The Morgan fingerprint density at radius 3 is 1.65 bits per heavy atom. The number of alkyl halides is 3. The van der Waals surface area contributed by atoms with Crippen LogP contribution >= 0.6 is 77.4 Å². The number of hydrogen-bond donors (Lipinski definition) is 0. The average molecular weight is 559 g/mol. The summed E-state index contributed by atoms with van der Waals surface area (Å²) in [4.78, 5) is 0. The number of phosphoric acid groups is 1. The monoisotopic (exact) mass is 556 g/mol. The minimum atomic E-state index is -4.25. The average Bonchev–Trinajstić information content (AvgIpc) is 2.66. The summed E-state index contributed by atoms with van der Waals surface area (Å²) in [6, 6.07) is 15.4. The molecule has 0 bridgehead atoms. The van der Waals surface area contributed by atoms with Crippen molar-refractivity contribution < 1.29 is 18.1 Å². The maximum absolute atomic E-state index is 13.6. The van der Waals surface area contributed by atoms with E-state index in [2.05, 4.69) is 0 Å². The van der Waals surface area contributed by atoms with E-state index >= 15 is 0 Å². The maximum Gasteiger partial charge on any atom is 0.647 e. The maximum atomic E-state index is 13.6. The molecule has 1 heterocycles. The number of phosphoric ester groups is 1. The predicted octanol–water partition coefficient (Wildman–Crippen LogP) is 9.11. The molecular weight excluding hydrogens is 548 g/mol. The number of rotatable bonds is 2. The molecule has 0 amide bonds. The molecule has 1 aliphatic rings. The first-order valence-electron chi connectivity index (χ1n) is 8.64. The highest BCUT2D eigenvalue weighted by Gasteiger charge is 2.45. The van der Waals surface area contributed by atoms with Gasteiger partial charge in [0.1, 0.15) is 17.2 Å². The van der Waals surface area contributed by atoms with Crippen LogP contribution in [-0.4, -0.2) is 3.79 Å². The standard InChI is InChI=1S/C20H11Cl6O4P/c21-11-1-5-14(6-2-11)28-31(27)29-17-7-3-12(22)9-15(17)19(20(24,25)26)16-10-13(23)4-8-18(16)30-31/h1-10,19H. The fourth-order valence-corrected chi connectivity index (χ4v) is 5.60. The highest BCUT2D eigenvalue weighted by atomic mass is 35.6. The van der Waals surface area contributed by atoms with E-state index in [0.717, 1.165) is 0 Å². The molecular formula is C20H11Cl6O4P. The molecule has 0 spiro atoms. The third-order valence-electron chi connectivity index (χ3n) is 4.34. The van der Waals surface area contributed by atoms with E-state index in [4.69, 9.17) is 83.2 Å². The van der Waals surface area contributed by atoms with Crippen molar-refractivity contribution in [1.82, 2.24) is 0 Å². The molecule has 162 valence electrons. The lowest BCUT2D eigenvalue weighted by Gasteiger charge is -2.32. The molecule has 0 aromatic heterocycles. The molecule has 0 unspecified atom stereocenters. The summed E-state index contributed by atoms with van der Waals surface area (Å²) >= 11 is 37.3. The lowest BCUT2D eigenvalue weighted by Crippen LogP contribution is -2.23. The van der Waals surface area contributed by atoms with Gasteiger partial charge in [-0.3, -0.25) is 0 Å². The third-order valence-corrected chi connectivity index (χ3v) is 7.00. The van der Waals surface area contributed by atoms with Crippen molar-refractivity contribution in [2.75, 3.05) is 0 Å². The van der Waals surface area contributed by atoms with Crippen LogP contribution in [0.4, 0.5) is 0 Å². The lowest BCUT2D eigenvalue weighted by molar-refractivity contribution is 0.292. The van der Waals surface area contributed by atoms with Crippen LogP contribution in [0.1, 0.15) is 17.0 Å². The SMILES string of the molecule is O=P1(Oc2ccc(Cl)cc2)Oc2ccc(Cl)cc2C(C(Cl)(Cl)Cl)c2cc(Cl)ccc2O1. The summed E-state index contributed by atoms with van der Waals surface area (Å²) in [6.45, 7) is 0. The first-order chi connectivity index (χ1) is 14.5. The minimum Gasteiger partial charge on any atom is -0.386 e. The Morgan fingerprint density at radius 2 is 1.19 bits per heavy atom. The number of benzene rings is 3. The van der Waals surface area contributed by atoms with Gasteiger partial charge in [0.15, 0.2) is 0 Å². The third kappa shape index (κ3) is 5.17. The van der Waals surface area contributed by atoms with Crippen molar-refractivity contribution in [3.05, 3.63) is 86.9 Å². The molecule has 0 aliphatic carbocycles. The van der Waals surface area contributed by atoms with Gasteiger partial charge in [0.25, 0.3) is 0 Å². The summed E-state index contributed by atoms with van der Waals surface area (Å²) in [5.74, 6) is -0.450. The van der Waals surface area contributed by atoms with Crippen LogP contribution in [0.3, 0.4) is 0 Å². The largest absolute Gasteiger partial charge is 0.647 e. The van der Waals surface area contributed by atoms with Crippen LogP contribution < -0.4 is 13.6 Å². The van der Waals surface area contributed by atoms with E-state index in [1.807, 2.05) is 0 Å². The number of hydrogen-bond acceptors (Lipinski definition) is 4. The van der Waals surface area contributed by atoms with Crippen LogP contribution in [0.25, 0.3) is 0 Å². The van der Waals surface area contributed by atoms with E-state index in [-0.39, 0.29) is 17.2 Å². The van der Waals surface area contributed by atoms with Crippen molar-refractivity contribution in [3.63, 3.8) is 0 Å². The molecule has 31 heavy (non-hydrogen) atoms. The van der Waals surface area contributed by atoms with Gasteiger partial charge in [-0.1, -0.05) is 69.6 Å². The summed E-state index contributed by atoms with van der Waals surface area (Å²) in [5, 5.41) is 1.20. The van der Waals surface area contributed by atoms with Crippen molar-refractivity contribution in [1.29, 1.82) is 0 Å². The quantitative estimate of drug-likeness (QED) is 0.232. The molecule has 0 N–H and O–H groups in total. The Bertz CT molecular complexity index is 1120. The zero-order valence-corrected chi connectivity index (χ0v) is 20.6. The van der Waals surface area contributed by atoms with Gasteiger partial charge in [-0.05, 0) is 60.7 Å². The topological polar surface area (TPSA) is 44.8 Å². The molecule has 0 saturated heterocycles. The van der Waals surface area contributed by atoms with Gasteiger partial charge in [0.05, 0.1) is 5.92 Å². The van der Waals surface area contributed by atoms with Crippen molar-refractivity contribution in [2.45, 2.75) is 9.71 Å². The van der Waals surface area contributed by atoms with Gasteiger partial charge >= 0.3 is 7.82 Å². The van der Waals surface area contributed by atoms with E-state index in [1.54, 1.807) is 36.4 Å². The Labute approximate surface area is 208 Å².